The van der Waals surface area contributed by atoms with Gasteiger partial charge in [-0.25, -0.2) is 0 Å². The maximum absolute atomic E-state index is 5.58. The Bertz CT molecular complexity index is 188. The molecule has 1 saturated heterocycles. The minimum Gasteiger partial charge on any atom is -0.378 e. The predicted octanol–water partition coefficient (Wildman–Crippen LogP) is 0.657. The molecule has 1 aliphatic heterocycles. The van der Waals surface area contributed by atoms with Crippen LogP contribution in [0, 0.1) is 18.3 Å². The van der Waals surface area contributed by atoms with Crippen LogP contribution in [0.3, 0.4) is 0 Å². The molecule has 13 heavy (non-hydrogen) atoms. The molecule has 0 saturated carbocycles. The number of nitrogens with two attached hydrogens (primary N) is 1. The Morgan fingerprint density at radius 2 is 2.54 bits per heavy atom. The molecule has 3 nitrogen and oxygen atoms in total. The molecule has 0 spiro atoms. The summed E-state index contributed by atoms with van der Waals surface area (Å²) in [6.45, 7) is 2.97. The molecule has 3 unspecified atom stereocenters. The van der Waals surface area contributed by atoms with E-state index in [1.165, 1.54) is 0 Å². The fourth-order valence-corrected chi connectivity index (χ4v) is 2.01. The molecule has 1 aliphatic rings. The first-order valence-corrected chi connectivity index (χ1v) is 4.84. The monoisotopic (exact) mass is 182 g/mol. The second-order valence-corrected chi connectivity index (χ2v) is 3.45. The summed E-state index contributed by atoms with van der Waals surface area (Å²) in [5.74, 6) is 8.57. The largest absolute Gasteiger partial charge is 0.378 e. The van der Waals surface area contributed by atoms with Crippen LogP contribution in [0.4, 0.5) is 0 Å². The molecule has 3 atom stereocenters. The molecule has 1 heterocycles. The van der Waals surface area contributed by atoms with Crippen LogP contribution < -0.4 is 11.3 Å². The van der Waals surface area contributed by atoms with Gasteiger partial charge in [0.1, 0.15) is 0 Å². The van der Waals surface area contributed by atoms with Crippen molar-refractivity contribution in [2.24, 2.45) is 11.8 Å². The minimum atomic E-state index is 0.206. The standard InChI is InChI=1S/C10H18N2O/c1-3-5-9(12-11)8-6-7-13-10(8)4-2/h1,8-10,12H,4-7,11H2,2H3. The van der Waals surface area contributed by atoms with Crippen LogP contribution in [0.15, 0.2) is 0 Å². The molecular formula is C10H18N2O. The number of nitrogens with one attached hydrogen (secondary N) is 1. The number of rotatable bonds is 4. The quantitative estimate of drug-likeness (QED) is 0.381. The van der Waals surface area contributed by atoms with Gasteiger partial charge < -0.3 is 4.74 Å². The second kappa shape index (κ2) is 5.23. The zero-order valence-corrected chi connectivity index (χ0v) is 8.12. The maximum Gasteiger partial charge on any atom is 0.0617 e. The maximum atomic E-state index is 5.58. The van der Waals surface area contributed by atoms with Crippen LogP contribution in [0.1, 0.15) is 26.2 Å². The van der Waals surface area contributed by atoms with Crippen LogP contribution in [0.5, 0.6) is 0 Å². The van der Waals surface area contributed by atoms with Crippen molar-refractivity contribution in [2.75, 3.05) is 6.61 Å². The van der Waals surface area contributed by atoms with Crippen LogP contribution in [0.25, 0.3) is 0 Å². The van der Waals surface area contributed by atoms with E-state index in [0.717, 1.165) is 19.4 Å². The highest BCUT2D eigenvalue weighted by atomic mass is 16.5. The third-order valence-electron chi connectivity index (χ3n) is 2.73. The van der Waals surface area contributed by atoms with Crippen molar-refractivity contribution in [1.29, 1.82) is 0 Å². The predicted molar refractivity (Wildman–Crippen MR) is 52.7 cm³/mol. The summed E-state index contributed by atoms with van der Waals surface area (Å²) < 4.78 is 5.58. The first kappa shape index (κ1) is 10.5. The smallest absolute Gasteiger partial charge is 0.0617 e. The summed E-state index contributed by atoms with van der Waals surface area (Å²) in [4.78, 5) is 0. The number of ether oxygens (including phenoxy) is 1. The Labute approximate surface area is 80.0 Å². The molecular weight excluding hydrogens is 164 g/mol. The molecule has 0 amide bonds. The summed E-state index contributed by atoms with van der Waals surface area (Å²) >= 11 is 0. The molecule has 1 rings (SSSR count). The van der Waals surface area contributed by atoms with Crippen molar-refractivity contribution < 1.29 is 4.74 Å². The Kier molecular flexibility index (Phi) is 4.23. The number of hydrogen-bond donors (Lipinski definition) is 2. The van der Waals surface area contributed by atoms with Gasteiger partial charge in [0.15, 0.2) is 0 Å². The first-order valence-electron chi connectivity index (χ1n) is 4.84. The summed E-state index contributed by atoms with van der Waals surface area (Å²) in [5, 5.41) is 0. The van der Waals surface area contributed by atoms with Gasteiger partial charge in [0.2, 0.25) is 0 Å². The van der Waals surface area contributed by atoms with Gasteiger partial charge in [-0.15, -0.1) is 12.3 Å². The Morgan fingerprint density at radius 1 is 1.77 bits per heavy atom. The van der Waals surface area contributed by atoms with E-state index in [1.54, 1.807) is 0 Å². The van der Waals surface area contributed by atoms with Crippen LogP contribution >= 0.6 is 0 Å². The van der Waals surface area contributed by atoms with Gasteiger partial charge in [-0.05, 0) is 12.8 Å². The Hall–Kier alpha value is -0.560. The van der Waals surface area contributed by atoms with E-state index in [-0.39, 0.29) is 6.04 Å². The number of hydrogen-bond acceptors (Lipinski definition) is 3. The topological polar surface area (TPSA) is 47.3 Å². The van der Waals surface area contributed by atoms with Gasteiger partial charge in [-0.2, -0.15) is 0 Å². The molecule has 1 fully saturated rings. The SMILES string of the molecule is C#CCC(NN)C1CCOC1CC. The average Bonchev–Trinajstić information content (AvgIpc) is 2.61. The van der Waals surface area contributed by atoms with Gasteiger partial charge in [0.05, 0.1) is 6.10 Å². The van der Waals surface area contributed by atoms with Crippen LogP contribution in [0.2, 0.25) is 0 Å². The fraction of sp³-hybridized carbons (Fsp3) is 0.800. The van der Waals surface area contributed by atoms with E-state index in [1.807, 2.05) is 0 Å². The van der Waals surface area contributed by atoms with Crippen molar-refractivity contribution in [3.05, 3.63) is 0 Å². The molecule has 0 aromatic rings. The number of hydrazine groups is 1. The lowest BCUT2D eigenvalue weighted by Gasteiger charge is -2.24. The van der Waals surface area contributed by atoms with Gasteiger partial charge >= 0.3 is 0 Å². The molecule has 0 aromatic heterocycles. The van der Waals surface area contributed by atoms with Crippen molar-refractivity contribution in [3.63, 3.8) is 0 Å². The second-order valence-electron chi connectivity index (χ2n) is 3.45. The lowest BCUT2D eigenvalue weighted by Crippen LogP contribution is -2.43. The lowest BCUT2D eigenvalue weighted by atomic mass is 9.90. The molecule has 74 valence electrons. The zero-order chi connectivity index (χ0) is 9.68. The normalized spacial score (nSPS) is 29.9. The highest BCUT2D eigenvalue weighted by Crippen LogP contribution is 2.27. The lowest BCUT2D eigenvalue weighted by molar-refractivity contribution is 0.0780. The van der Waals surface area contributed by atoms with Gasteiger partial charge in [-0.3, -0.25) is 11.3 Å². The van der Waals surface area contributed by atoms with Gasteiger partial charge in [-0.1, -0.05) is 6.92 Å². The summed E-state index contributed by atoms with van der Waals surface area (Å²) in [7, 11) is 0. The van der Waals surface area contributed by atoms with E-state index >= 15 is 0 Å². The van der Waals surface area contributed by atoms with E-state index in [2.05, 4.69) is 18.3 Å². The molecule has 3 N–H and O–H groups in total. The summed E-state index contributed by atoms with van der Waals surface area (Å²) in [5.41, 5.74) is 2.79. The van der Waals surface area contributed by atoms with E-state index in [0.29, 0.717) is 18.4 Å². The fourth-order valence-electron chi connectivity index (χ4n) is 2.01. The third kappa shape index (κ3) is 2.44. The van der Waals surface area contributed by atoms with Crippen LogP contribution in [-0.4, -0.2) is 18.8 Å². The van der Waals surface area contributed by atoms with E-state index in [9.17, 15) is 0 Å². The van der Waals surface area contributed by atoms with Gasteiger partial charge in [0, 0.05) is 25.0 Å². The highest BCUT2D eigenvalue weighted by Gasteiger charge is 2.32. The molecule has 0 aliphatic carbocycles. The Balaban J connectivity index is 2.52. The van der Waals surface area contributed by atoms with Crippen molar-refractivity contribution in [1.82, 2.24) is 5.43 Å². The highest BCUT2D eigenvalue weighted by molar-refractivity contribution is 4.94. The van der Waals surface area contributed by atoms with Crippen LogP contribution in [-0.2, 0) is 4.74 Å². The van der Waals surface area contributed by atoms with Gasteiger partial charge in [0.25, 0.3) is 0 Å². The van der Waals surface area contributed by atoms with Crippen molar-refractivity contribution in [2.45, 2.75) is 38.3 Å². The number of terminal acetylenes is 1. The van der Waals surface area contributed by atoms with E-state index < -0.39 is 0 Å². The Morgan fingerprint density at radius 3 is 3.08 bits per heavy atom. The molecule has 3 heteroatoms. The average molecular weight is 182 g/mol. The minimum absolute atomic E-state index is 0.206. The molecule has 0 bridgehead atoms. The summed E-state index contributed by atoms with van der Waals surface area (Å²) in [6, 6.07) is 0.206. The zero-order valence-electron chi connectivity index (χ0n) is 8.12. The van der Waals surface area contributed by atoms with Crippen molar-refractivity contribution >= 4 is 0 Å². The van der Waals surface area contributed by atoms with Crippen molar-refractivity contribution in [3.8, 4) is 12.3 Å². The van der Waals surface area contributed by atoms with E-state index in [4.69, 9.17) is 17.0 Å². The molecule has 0 aromatic carbocycles. The third-order valence-corrected chi connectivity index (χ3v) is 2.73. The first-order chi connectivity index (χ1) is 6.33. The summed E-state index contributed by atoms with van der Waals surface area (Å²) in [6.07, 6.45) is 8.38. The molecule has 0 radical (unpaired) electrons.